The summed E-state index contributed by atoms with van der Waals surface area (Å²) in [5.74, 6) is -1.05. The number of aromatic carboxylic acids is 1. The average molecular weight is 242 g/mol. The van der Waals surface area contributed by atoms with Gasteiger partial charge in [0.25, 0.3) is 0 Å². The van der Waals surface area contributed by atoms with Crippen molar-refractivity contribution in [1.82, 2.24) is 0 Å². The molecule has 0 saturated heterocycles. The van der Waals surface area contributed by atoms with Crippen molar-refractivity contribution in [2.45, 2.75) is 13.3 Å². The van der Waals surface area contributed by atoms with Gasteiger partial charge in [-0.1, -0.05) is 31.2 Å². The fourth-order valence-corrected chi connectivity index (χ4v) is 1.87. The Balaban J connectivity index is 2.47. The predicted octanol–water partition coefficient (Wildman–Crippen LogP) is 3.32. The lowest BCUT2D eigenvalue weighted by atomic mass is 10.00. The Morgan fingerprint density at radius 3 is 2.56 bits per heavy atom. The van der Waals surface area contributed by atoms with Gasteiger partial charge in [-0.15, -0.1) is 0 Å². The van der Waals surface area contributed by atoms with Crippen molar-refractivity contribution >= 4 is 5.97 Å². The maximum Gasteiger partial charge on any atom is 0.335 e. The summed E-state index contributed by atoms with van der Waals surface area (Å²) in [6.45, 7) is 2.06. The average Bonchev–Trinajstić information content (AvgIpc) is 2.38. The zero-order valence-electron chi connectivity index (χ0n) is 10.1. The summed E-state index contributed by atoms with van der Waals surface area (Å²) >= 11 is 0. The van der Waals surface area contributed by atoms with Crippen LogP contribution in [0.3, 0.4) is 0 Å². The third-order valence-corrected chi connectivity index (χ3v) is 2.89. The Hall–Kier alpha value is -2.29. The van der Waals surface area contributed by atoms with Crippen LogP contribution in [0.25, 0.3) is 11.1 Å². The van der Waals surface area contributed by atoms with Crippen LogP contribution >= 0.6 is 0 Å². The van der Waals surface area contributed by atoms with E-state index < -0.39 is 5.97 Å². The van der Waals surface area contributed by atoms with Crippen molar-refractivity contribution < 1.29 is 15.0 Å². The van der Waals surface area contributed by atoms with Gasteiger partial charge in [0.15, 0.2) is 0 Å². The Bertz CT molecular complexity index is 588. The monoisotopic (exact) mass is 242 g/mol. The Kier molecular flexibility index (Phi) is 3.33. The maximum atomic E-state index is 10.8. The fraction of sp³-hybridized carbons (Fsp3) is 0.133. The highest BCUT2D eigenvalue weighted by atomic mass is 16.4. The smallest absolute Gasteiger partial charge is 0.335 e. The minimum Gasteiger partial charge on any atom is -0.507 e. The number of hydrogen-bond acceptors (Lipinski definition) is 2. The molecule has 0 saturated carbocycles. The largest absolute Gasteiger partial charge is 0.507 e. The molecule has 0 aromatic heterocycles. The summed E-state index contributed by atoms with van der Waals surface area (Å²) in [5.41, 5.74) is 2.80. The molecule has 0 unspecified atom stereocenters. The standard InChI is InChI=1S/C15H14O3/c1-2-10-4-3-5-11(8-10)13-7-6-12(15(17)18)9-14(13)16/h3-9,16H,2H2,1H3,(H,17,18). The number of carboxylic acids is 1. The molecule has 92 valence electrons. The fourth-order valence-electron chi connectivity index (χ4n) is 1.87. The molecule has 3 heteroatoms. The topological polar surface area (TPSA) is 57.5 Å². The van der Waals surface area contributed by atoms with Crippen molar-refractivity contribution in [3.05, 3.63) is 53.6 Å². The normalized spacial score (nSPS) is 10.3. The molecule has 0 amide bonds. The number of carboxylic acid groups (broad SMARTS) is 1. The van der Waals surface area contributed by atoms with Gasteiger partial charge in [-0.25, -0.2) is 4.79 Å². The first-order valence-corrected chi connectivity index (χ1v) is 5.77. The van der Waals surface area contributed by atoms with Crippen LogP contribution in [0.1, 0.15) is 22.8 Å². The summed E-state index contributed by atoms with van der Waals surface area (Å²) in [7, 11) is 0. The van der Waals surface area contributed by atoms with Crippen molar-refractivity contribution in [2.75, 3.05) is 0 Å². The number of aromatic hydroxyl groups is 1. The van der Waals surface area contributed by atoms with E-state index in [4.69, 9.17) is 5.11 Å². The van der Waals surface area contributed by atoms with Crippen LogP contribution < -0.4 is 0 Å². The Labute approximate surface area is 105 Å². The van der Waals surface area contributed by atoms with Crippen LogP contribution in [0, 0.1) is 0 Å². The molecule has 2 aromatic carbocycles. The van der Waals surface area contributed by atoms with Gasteiger partial charge >= 0.3 is 5.97 Å². The molecule has 2 aromatic rings. The summed E-state index contributed by atoms with van der Waals surface area (Å²) in [5, 5.41) is 18.7. The van der Waals surface area contributed by atoms with Crippen LogP contribution in [0.2, 0.25) is 0 Å². The molecule has 18 heavy (non-hydrogen) atoms. The number of hydrogen-bond donors (Lipinski definition) is 2. The maximum absolute atomic E-state index is 10.8. The molecule has 0 aliphatic carbocycles. The highest BCUT2D eigenvalue weighted by Gasteiger charge is 2.09. The van der Waals surface area contributed by atoms with Gasteiger partial charge in [0.05, 0.1) is 5.56 Å². The predicted molar refractivity (Wildman–Crippen MR) is 69.9 cm³/mol. The molecule has 3 nitrogen and oxygen atoms in total. The lowest BCUT2D eigenvalue weighted by Crippen LogP contribution is -1.95. The van der Waals surface area contributed by atoms with Crippen molar-refractivity contribution in [3.8, 4) is 16.9 Å². The van der Waals surface area contributed by atoms with Gasteiger partial charge in [0.2, 0.25) is 0 Å². The van der Waals surface area contributed by atoms with Gasteiger partial charge in [0.1, 0.15) is 5.75 Å². The molecule has 0 atom stereocenters. The third-order valence-electron chi connectivity index (χ3n) is 2.89. The number of rotatable bonds is 3. The molecule has 0 fully saturated rings. The van der Waals surface area contributed by atoms with Gasteiger partial charge < -0.3 is 10.2 Å². The molecule has 0 bridgehead atoms. The first-order chi connectivity index (χ1) is 8.61. The van der Waals surface area contributed by atoms with Gasteiger partial charge in [-0.3, -0.25) is 0 Å². The number of carbonyl (C=O) groups is 1. The van der Waals surface area contributed by atoms with E-state index in [0.29, 0.717) is 5.56 Å². The quantitative estimate of drug-likeness (QED) is 0.868. The molecule has 0 spiro atoms. The van der Waals surface area contributed by atoms with Crippen LogP contribution in [0.5, 0.6) is 5.75 Å². The van der Waals surface area contributed by atoms with Gasteiger partial charge in [-0.2, -0.15) is 0 Å². The molecule has 0 heterocycles. The van der Waals surface area contributed by atoms with E-state index >= 15 is 0 Å². The molecule has 0 radical (unpaired) electrons. The highest BCUT2D eigenvalue weighted by molar-refractivity contribution is 5.89. The first-order valence-electron chi connectivity index (χ1n) is 5.77. The first kappa shape index (κ1) is 12.2. The van der Waals surface area contributed by atoms with Crippen LogP contribution in [0.15, 0.2) is 42.5 Å². The van der Waals surface area contributed by atoms with Gasteiger partial charge in [0, 0.05) is 5.56 Å². The lowest BCUT2D eigenvalue weighted by Gasteiger charge is -2.07. The number of phenols is 1. The molecule has 2 N–H and O–H groups in total. The summed E-state index contributed by atoms with van der Waals surface area (Å²) in [6.07, 6.45) is 0.918. The Morgan fingerprint density at radius 2 is 1.94 bits per heavy atom. The second-order valence-electron chi connectivity index (χ2n) is 4.09. The van der Waals surface area contributed by atoms with E-state index in [1.165, 1.54) is 17.7 Å². The molecule has 0 aliphatic rings. The number of aryl methyl sites for hydroxylation is 1. The van der Waals surface area contributed by atoms with E-state index in [2.05, 4.69) is 6.92 Å². The summed E-state index contributed by atoms with van der Waals surface area (Å²) in [4.78, 5) is 10.8. The van der Waals surface area contributed by atoms with Gasteiger partial charge in [-0.05, 0) is 35.7 Å². The van der Waals surface area contributed by atoms with E-state index in [9.17, 15) is 9.90 Å². The zero-order chi connectivity index (χ0) is 13.1. The van der Waals surface area contributed by atoms with E-state index in [-0.39, 0.29) is 11.3 Å². The Morgan fingerprint density at radius 1 is 1.17 bits per heavy atom. The third kappa shape index (κ3) is 2.35. The van der Waals surface area contributed by atoms with Crippen LogP contribution in [-0.2, 0) is 6.42 Å². The summed E-state index contributed by atoms with van der Waals surface area (Å²) < 4.78 is 0. The molecule has 2 rings (SSSR count). The lowest BCUT2D eigenvalue weighted by molar-refractivity contribution is 0.0696. The highest BCUT2D eigenvalue weighted by Crippen LogP contribution is 2.30. The molecular weight excluding hydrogens is 228 g/mol. The van der Waals surface area contributed by atoms with E-state index in [0.717, 1.165) is 12.0 Å². The minimum absolute atomic E-state index is 0.0110. The zero-order valence-corrected chi connectivity index (χ0v) is 10.1. The van der Waals surface area contributed by atoms with Crippen molar-refractivity contribution in [1.29, 1.82) is 0 Å². The van der Waals surface area contributed by atoms with Crippen molar-refractivity contribution in [2.24, 2.45) is 0 Å². The van der Waals surface area contributed by atoms with E-state index in [1.54, 1.807) is 6.07 Å². The summed E-state index contributed by atoms with van der Waals surface area (Å²) in [6, 6.07) is 12.2. The second kappa shape index (κ2) is 4.92. The van der Waals surface area contributed by atoms with E-state index in [1.807, 2.05) is 24.3 Å². The number of benzene rings is 2. The molecule has 0 aliphatic heterocycles. The number of phenolic OH excluding ortho intramolecular Hbond substituents is 1. The van der Waals surface area contributed by atoms with Crippen molar-refractivity contribution in [3.63, 3.8) is 0 Å². The SMILES string of the molecule is CCc1cccc(-c2ccc(C(=O)O)cc2O)c1. The molecular formula is C15H14O3. The minimum atomic E-state index is -1.04. The second-order valence-corrected chi connectivity index (χ2v) is 4.09. The van der Waals surface area contributed by atoms with Crippen LogP contribution in [-0.4, -0.2) is 16.2 Å². The van der Waals surface area contributed by atoms with Crippen LogP contribution in [0.4, 0.5) is 0 Å².